The van der Waals surface area contributed by atoms with Gasteiger partial charge in [0.15, 0.2) is 0 Å². The van der Waals surface area contributed by atoms with E-state index in [1.54, 1.807) is 7.05 Å². The molecule has 0 heterocycles. The second-order valence-electron chi connectivity index (χ2n) is 9.41. The number of benzene rings is 2. The van der Waals surface area contributed by atoms with Gasteiger partial charge in [-0.2, -0.15) is 0 Å². The van der Waals surface area contributed by atoms with Crippen molar-refractivity contribution in [3.63, 3.8) is 0 Å². The maximum atomic E-state index is 12.5. The zero-order valence-electron chi connectivity index (χ0n) is 19.8. The maximum Gasteiger partial charge on any atom is 0.407 e. The molecule has 0 radical (unpaired) electrons. The lowest BCUT2D eigenvalue weighted by atomic mass is 9.75. The average molecular weight is 465 g/mol. The minimum Gasteiger partial charge on any atom is -0.479 e. The summed E-state index contributed by atoms with van der Waals surface area (Å²) in [6, 6.07) is 16.2. The SMILES string of the molecule is CC(CCCC(=O)N(C)C1(C(=O)O)CCC1)NC(=O)OCC1c2ccccc2-c2ccccc21. The van der Waals surface area contributed by atoms with Crippen molar-refractivity contribution in [2.75, 3.05) is 13.7 Å². The Hall–Kier alpha value is -3.35. The number of carbonyl (C=O) groups is 3. The smallest absolute Gasteiger partial charge is 0.407 e. The van der Waals surface area contributed by atoms with E-state index in [2.05, 4.69) is 29.6 Å². The molecule has 2 aliphatic rings. The molecule has 1 atom stereocenters. The molecule has 2 aliphatic carbocycles. The number of aliphatic carboxylic acids is 1. The minimum absolute atomic E-state index is 0.00896. The van der Waals surface area contributed by atoms with Crippen LogP contribution in [0, 0.1) is 0 Å². The Bertz CT molecular complexity index is 1030. The lowest BCUT2D eigenvalue weighted by Crippen LogP contribution is -2.59. The van der Waals surface area contributed by atoms with Crippen LogP contribution < -0.4 is 5.32 Å². The van der Waals surface area contributed by atoms with Gasteiger partial charge in [-0.1, -0.05) is 48.5 Å². The van der Waals surface area contributed by atoms with E-state index < -0.39 is 17.6 Å². The van der Waals surface area contributed by atoms with Gasteiger partial charge >= 0.3 is 12.1 Å². The first-order valence-corrected chi connectivity index (χ1v) is 11.9. The number of hydrogen-bond acceptors (Lipinski definition) is 4. The molecule has 0 saturated heterocycles. The van der Waals surface area contributed by atoms with E-state index in [0.29, 0.717) is 25.7 Å². The first-order chi connectivity index (χ1) is 16.3. The van der Waals surface area contributed by atoms with Gasteiger partial charge in [0.2, 0.25) is 5.91 Å². The number of fused-ring (bicyclic) bond motifs is 3. The molecule has 34 heavy (non-hydrogen) atoms. The van der Waals surface area contributed by atoms with Crippen LogP contribution in [0.25, 0.3) is 11.1 Å². The van der Waals surface area contributed by atoms with E-state index in [1.165, 1.54) is 16.0 Å². The number of amides is 2. The fourth-order valence-electron chi connectivity index (χ4n) is 5.08. The van der Waals surface area contributed by atoms with E-state index in [9.17, 15) is 19.5 Å². The highest BCUT2D eigenvalue weighted by molar-refractivity contribution is 5.87. The number of alkyl carbamates (subject to hydrolysis) is 1. The first-order valence-electron chi connectivity index (χ1n) is 11.9. The Labute approximate surface area is 200 Å². The van der Waals surface area contributed by atoms with Crippen LogP contribution in [-0.4, -0.2) is 53.2 Å². The summed E-state index contributed by atoms with van der Waals surface area (Å²) in [5.41, 5.74) is 3.65. The predicted octanol–water partition coefficient (Wildman–Crippen LogP) is 4.55. The topological polar surface area (TPSA) is 95.9 Å². The van der Waals surface area contributed by atoms with Crippen LogP contribution in [0.1, 0.15) is 62.5 Å². The number of nitrogens with zero attached hydrogens (tertiary/aromatic N) is 1. The van der Waals surface area contributed by atoms with Crippen molar-refractivity contribution in [2.24, 2.45) is 0 Å². The molecular formula is C27H32N2O5. The molecule has 0 spiro atoms. The highest BCUT2D eigenvalue weighted by Gasteiger charge is 2.49. The summed E-state index contributed by atoms with van der Waals surface area (Å²) in [7, 11) is 1.58. The van der Waals surface area contributed by atoms with Crippen LogP contribution >= 0.6 is 0 Å². The molecule has 2 N–H and O–H groups in total. The van der Waals surface area contributed by atoms with Crippen LogP contribution in [0.5, 0.6) is 0 Å². The van der Waals surface area contributed by atoms with E-state index in [-0.39, 0.29) is 30.9 Å². The quantitative estimate of drug-likeness (QED) is 0.568. The van der Waals surface area contributed by atoms with Crippen molar-refractivity contribution in [1.82, 2.24) is 10.2 Å². The number of carboxylic acid groups (broad SMARTS) is 1. The summed E-state index contributed by atoms with van der Waals surface area (Å²) < 4.78 is 5.58. The van der Waals surface area contributed by atoms with Gasteiger partial charge in [-0.05, 0) is 61.3 Å². The third-order valence-corrected chi connectivity index (χ3v) is 7.33. The zero-order chi connectivity index (χ0) is 24.3. The highest BCUT2D eigenvalue weighted by atomic mass is 16.5. The van der Waals surface area contributed by atoms with E-state index in [1.807, 2.05) is 31.2 Å². The number of carbonyl (C=O) groups excluding carboxylic acids is 2. The Morgan fingerprint density at radius 1 is 1.09 bits per heavy atom. The summed E-state index contributed by atoms with van der Waals surface area (Å²) in [4.78, 5) is 37.9. The molecule has 2 aromatic carbocycles. The van der Waals surface area contributed by atoms with Crippen LogP contribution in [-0.2, 0) is 14.3 Å². The highest BCUT2D eigenvalue weighted by Crippen LogP contribution is 2.44. The van der Waals surface area contributed by atoms with Gasteiger partial charge in [0, 0.05) is 25.4 Å². The van der Waals surface area contributed by atoms with Gasteiger partial charge in [-0.25, -0.2) is 9.59 Å². The van der Waals surface area contributed by atoms with Gasteiger partial charge in [-0.15, -0.1) is 0 Å². The number of carboxylic acids is 1. The Kier molecular flexibility index (Phi) is 6.91. The number of ether oxygens (including phenoxy) is 1. The summed E-state index contributed by atoms with van der Waals surface area (Å²) in [5.74, 6) is -1.09. The molecule has 1 fully saturated rings. The van der Waals surface area contributed by atoms with E-state index in [4.69, 9.17) is 4.74 Å². The van der Waals surface area contributed by atoms with Crippen LogP contribution in [0.4, 0.5) is 4.79 Å². The fraction of sp³-hybridized carbons (Fsp3) is 0.444. The number of likely N-dealkylation sites (N-methyl/N-ethyl adjacent to an activating group) is 1. The molecule has 7 heteroatoms. The number of hydrogen-bond donors (Lipinski definition) is 2. The molecule has 0 aromatic heterocycles. The van der Waals surface area contributed by atoms with Gasteiger partial charge in [0.25, 0.3) is 0 Å². The molecule has 1 unspecified atom stereocenters. The molecule has 1 saturated carbocycles. The van der Waals surface area contributed by atoms with Crippen molar-refractivity contribution in [3.8, 4) is 11.1 Å². The third kappa shape index (κ3) is 4.52. The molecule has 180 valence electrons. The Morgan fingerprint density at radius 2 is 1.68 bits per heavy atom. The predicted molar refractivity (Wildman–Crippen MR) is 129 cm³/mol. The molecule has 4 rings (SSSR count). The molecule has 0 aliphatic heterocycles. The third-order valence-electron chi connectivity index (χ3n) is 7.33. The van der Waals surface area contributed by atoms with E-state index in [0.717, 1.165) is 17.5 Å². The average Bonchev–Trinajstić information content (AvgIpc) is 3.10. The van der Waals surface area contributed by atoms with Crippen molar-refractivity contribution < 1.29 is 24.2 Å². The largest absolute Gasteiger partial charge is 0.479 e. The lowest BCUT2D eigenvalue weighted by Gasteiger charge is -2.44. The van der Waals surface area contributed by atoms with Crippen molar-refractivity contribution in [3.05, 3.63) is 59.7 Å². The molecule has 2 amide bonds. The van der Waals surface area contributed by atoms with Crippen molar-refractivity contribution in [2.45, 2.75) is 62.9 Å². The summed E-state index contributed by atoms with van der Waals surface area (Å²) in [6.07, 6.45) is 2.77. The van der Waals surface area contributed by atoms with Crippen molar-refractivity contribution in [1.29, 1.82) is 0 Å². The lowest BCUT2D eigenvalue weighted by molar-refractivity contribution is -0.164. The maximum absolute atomic E-state index is 12.5. The van der Waals surface area contributed by atoms with Gasteiger partial charge in [0.1, 0.15) is 12.1 Å². The summed E-state index contributed by atoms with van der Waals surface area (Å²) in [6.45, 7) is 2.13. The van der Waals surface area contributed by atoms with Gasteiger partial charge in [0.05, 0.1) is 0 Å². The second-order valence-corrected chi connectivity index (χ2v) is 9.41. The molecule has 7 nitrogen and oxygen atoms in total. The van der Waals surface area contributed by atoms with Crippen molar-refractivity contribution >= 4 is 18.0 Å². The van der Waals surface area contributed by atoms with Gasteiger partial charge < -0.3 is 20.1 Å². The monoisotopic (exact) mass is 464 g/mol. The Balaban J connectivity index is 1.23. The Morgan fingerprint density at radius 3 is 2.21 bits per heavy atom. The van der Waals surface area contributed by atoms with E-state index >= 15 is 0 Å². The number of rotatable bonds is 9. The van der Waals surface area contributed by atoms with Gasteiger partial charge in [-0.3, -0.25) is 4.79 Å². The molecule has 2 aromatic rings. The zero-order valence-corrected chi connectivity index (χ0v) is 19.8. The standard InChI is InChI=1S/C27H32N2O5/c1-18(9-7-14-24(30)29(2)27(25(31)32)15-8-16-27)28-26(33)34-17-23-21-12-5-3-10-19(21)20-11-4-6-13-22(20)23/h3-6,10-13,18,23H,7-9,14-17H2,1-2H3,(H,28,33)(H,31,32). The van der Waals surface area contributed by atoms with Crippen LogP contribution in [0.2, 0.25) is 0 Å². The number of nitrogens with one attached hydrogen (secondary N) is 1. The fourth-order valence-corrected chi connectivity index (χ4v) is 5.08. The molecule has 0 bridgehead atoms. The molecular weight excluding hydrogens is 432 g/mol. The minimum atomic E-state index is -1.04. The van der Waals surface area contributed by atoms with Crippen LogP contribution in [0.15, 0.2) is 48.5 Å². The first kappa shape index (κ1) is 23.8. The van der Waals surface area contributed by atoms with Crippen LogP contribution in [0.3, 0.4) is 0 Å². The second kappa shape index (κ2) is 9.87. The summed E-state index contributed by atoms with van der Waals surface area (Å²) >= 11 is 0. The normalized spacial score (nSPS) is 16.5. The summed E-state index contributed by atoms with van der Waals surface area (Å²) in [5, 5.41) is 12.3.